The van der Waals surface area contributed by atoms with Crippen LogP contribution in [-0.2, 0) is 11.2 Å². The van der Waals surface area contributed by atoms with Gasteiger partial charge in [0.1, 0.15) is 5.60 Å². The lowest BCUT2D eigenvalue weighted by atomic mass is 9.93. The molecule has 1 aromatic carbocycles. The fourth-order valence-electron chi connectivity index (χ4n) is 2.61. The molecule has 0 atom stereocenters. The Morgan fingerprint density at radius 1 is 1.29 bits per heavy atom. The van der Waals surface area contributed by atoms with Gasteiger partial charge < -0.3 is 9.84 Å². The number of ether oxygens (including phenoxy) is 1. The van der Waals surface area contributed by atoms with E-state index in [1.54, 1.807) is 17.0 Å². The van der Waals surface area contributed by atoms with Crippen molar-refractivity contribution < 1.29 is 19.4 Å². The Morgan fingerprint density at radius 3 is 2.52 bits per heavy atom. The largest absolute Gasteiger partial charge is 0.478 e. The second-order valence-corrected chi connectivity index (χ2v) is 6.30. The van der Waals surface area contributed by atoms with Gasteiger partial charge in [-0.25, -0.2) is 9.59 Å². The molecule has 0 saturated heterocycles. The summed E-state index contributed by atoms with van der Waals surface area (Å²) in [7, 11) is 0. The van der Waals surface area contributed by atoms with E-state index < -0.39 is 17.7 Å². The Labute approximate surface area is 124 Å². The van der Waals surface area contributed by atoms with Crippen LogP contribution in [0, 0.1) is 6.92 Å². The normalized spacial score (nSPS) is 14.6. The number of aryl methyl sites for hydroxylation is 1. The molecule has 114 valence electrons. The lowest BCUT2D eigenvalue weighted by molar-refractivity contribution is 0.0575. The van der Waals surface area contributed by atoms with Crippen LogP contribution in [0.1, 0.15) is 48.7 Å². The Bertz CT molecular complexity index is 587. The van der Waals surface area contributed by atoms with E-state index in [9.17, 15) is 14.7 Å². The third-order valence-corrected chi connectivity index (χ3v) is 3.41. The maximum absolute atomic E-state index is 12.4. The first-order chi connectivity index (χ1) is 9.70. The Morgan fingerprint density at radius 2 is 1.95 bits per heavy atom. The van der Waals surface area contributed by atoms with E-state index in [-0.39, 0.29) is 5.56 Å². The summed E-state index contributed by atoms with van der Waals surface area (Å²) in [5.41, 5.74) is 1.99. The summed E-state index contributed by atoms with van der Waals surface area (Å²) in [6.45, 7) is 7.88. The number of benzene rings is 1. The van der Waals surface area contributed by atoms with Gasteiger partial charge in [-0.15, -0.1) is 0 Å². The highest BCUT2D eigenvalue weighted by Crippen LogP contribution is 2.34. The van der Waals surface area contributed by atoms with Crippen LogP contribution in [0.5, 0.6) is 0 Å². The van der Waals surface area contributed by atoms with E-state index in [2.05, 4.69) is 0 Å². The van der Waals surface area contributed by atoms with Gasteiger partial charge in [-0.1, -0.05) is 6.07 Å². The van der Waals surface area contributed by atoms with Crippen LogP contribution in [-0.4, -0.2) is 29.3 Å². The summed E-state index contributed by atoms with van der Waals surface area (Å²) in [6.07, 6.45) is 0.975. The van der Waals surface area contributed by atoms with Crippen LogP contribution in [0.2, 0.25) is 0 Å². The number of fused-ring (bicyclic) bond motifs is 1. The van der Waals surface area contributed by atoms with Gasteiger partial charge in [0.2, 0.25) is 0 Å². The van der Waals surface area contributed by atoms with Crippen molar-refractivity contribution >= 4 is 17.7 Å². The molecular formula is C16H21NO4. The third-order valence-electron chi connectivity index (χ3n) is 3.41. The average Bonchev–Trinajstić information content (AvgIpc) is 2.36. The number of carbonyl (C=O) groups excluding carboxylic acids is 1. The number of carbonyl (C=O) groups is 2. The number of hydrogen-bond acceptors (Lipinski definition) is 3. The van der Waals surface area contributed by atoms with Crippen LogP contribution in [0.3, 0.4) is 0 Å². The molecule has 2 rings (SSSR count). The highest BCUT2D eigenvalue weighted by molar-refractivity contribution is 5.96. The minimum absolute atomic E-state index is 0.267. The van der Waals surface area contributed by atoms with Gasteiger partial charge in [-0.2, -0.15) is 0 Å². The molecule has 0 saturated carbocycles. The molecule has 0 spiro atoms. The molecule has 5 nitrogen and oxygen atoms in total. The van der Waals surface area contributed by atoms with Crippen molar-refractivity contribution in [2.24, 2.45) is 0 Å². The molecule has 21 heavy (non-hydrogen) atoms. The smallest absolute Gasteiger partial charge is 0.414 e. The quantitative estimate of drug-likeness (QED) is 0.861. The SMILES string of the molecule is Cc1ccc(C(=O)O)c2c1N(C(=O)OC(C)(C)C)CCC2. The topological polar surface area (TPSA) is 66.8 Å². The van der Waals surface area contributed by atoms with Gasteiger partial charge in [0.05, 0.1) is 11.3 Å². The zero-order valence-electron chi connectivity index (χ0n) is 12.9. The number of amides is 1. The molecule has 0 unspecified atom stereocenters. The highest BCUT2D eigenvalue weighted by atomic mass is 16.6. The maximum Gasteiger partial charge on any atom is 0.414 e. The number of nitrogens with zero attached hydrogens (tertiary/aromatic N) is 1. The van der Waals surface area contributed by atoms with Crippen molar-refractivity contribution in [3.05, 3.63) is 28.8 Å². The average molecular weight is 291 g/mol. The zero-order chi connectivity index (χ0) is 15.8. The predicted octanol–water partition coefficient (Wildman–Crippen LogP) is 3.38. The number of hydrogen-bond donors (Lipinski definition) is 1. The van der Waals surface area contributed by atoms with Gasteiger partial charge >= 0.3 is 12.1 Å². The van der Waals surface area contributed by atoms with Crippen LogP contribution in [0.4, 0.5) is 10.5 Å². The third kappa shape index (κ3) is 3.17. The Balaban J connectivity index is 2.46. The van der Waals surface area contributed by atoms with E-state index in [1.165, 1.54) is 0 Å². The summed E-state index contributed by atoms with van der Waals surface area (Å²) in [5.74, 6) is -0.961. The Hall–Kier alpha value is -2.04. The summed E-state index contributed by atoms with van der Waals surface area (Å²) in [4.78, 5) is 25.3. The number of aromatic carboxylic acids is 1. The summed E-state index contributed by atoms with van der Waals surface area (Å²) in [5, 5.41) is 9.31. The maximum atomic E-state index is 12.4. The van der Waals surface area contributed by atoms with Crippen molar-refractivity contribution in [1.82, 2.24) is 0 Å². The van der Waals surface area contributed by atoms with Gasteiger partial charge in [-0.3, -0.25) is 4.90 Å². The van der Waals surface area contributed by atoms with Crippen molar-refractivity contribution in [2.45, 2.75) is 46.1 Å². The first-order valence-electron chi connectivity index (χ1n) is 7.07. The molecule has 0 fully saturated rings. The van der Waals surface area contributed by atoms with Crippen LogP contribution in [0.15, 0.2) is 12.1 Å². The van der Waals surface area contributed by atoms with Gasteiger partial charge in [-0.05, 0) is 57.7 Å². The standard InChI is InChI=1S/C16H21NO4/c1-10-7-8-12(14(18)19)11-6-5-9-17(13(10)11)15(20)21-16(2,3)4/h7-8H,5-6,9H2,1-4H3,(H,18,19). The molecule has 0 radical (unpaired) electrons. The van der Waals surface area contributed by atoms with Gasteiger partial charge in [0, 0.05) is 6.54 Å². The lowest BCUT2D eigenvalue weighted by Gasteiger charge is -2.33. The van der Waals surface area contributed by atoms with Crippen LogP contribution >= 0.6 is 0 Å². The molecule has 1 aliphatic rings. The molecular weight excluding hydrogens is 270 g/mol. The number of carboxylic acid groups (broad SMARTS) is 1. The van der Waals surface area contributed by atoms with Crippen molar-refractivity contribution in [2.75, 3.05) is 11.4 Å². The van der Waals surface area contributed by atoms with Crippen molar-refractivity contribution in [1.29, 1.82) is 0 Å². The number of anilines is 1. The van der Waals surface area contributed by atoms with Crippen molar-refractivity contribution in [3.63, 3.8) is 0 Å². The highest BCUT2D eigenvalue weighted by Gasteiger charge is 2.30. The molecule has 1 N–H and O–H groups in total. The monoisotopic (exact) mass is 291 g/mol. The van der Waals surface area contributed by atoms with E-state index in [1.807, 2.05) is 27.7 Å². The first-order valence-corrected chi connectivity index (χ1v) is 7.07. The summed E-state index contributed by atoms with van der Waals surface area (Å²) < 4.78 is 5.43. The molecule has 5 heteroatoms. The zero-order valence-corrected chi connectivity index (χ0v) is 12.9. The fraction of sp³-hybridized carbons (Fsp3) is 0.500. The first kappa shape index (κ1) is 15.4. The lowest BCUT2D eigenvalue weighted by Crippen LogP contribution is -2.40. The van der Waals surface area contributed by atoms with Crippen LogP contribution < -0.4 is 4.90 Å². The molecule has 1 amide bonds. The van der Waals surface area contributed by atoms with E-state index in [0.717, 1.165) is 17.5 Å². The number of carboxylic acids is 1. The second kappa shape index (κ2) is 5.39. The second-order valence-electron chi connectivity index (χ2n) is 6.30. The molecule has 0 aliphatic carbocycles. The van der Waals surface area contributed by atoms with E-state index in [0.29, 0.717) is 18.7 Å². The number of rotatable bonds is 1. The molecule has 1 aliphatic heterocycles. The minimum atomic E-state index is -0.961. The molecule has 0 aromatic heterocycles. The molecule has 1 aromatic rings. The fourth-order valence-corrected chi connectivity index (χ4v) is 2.61. The summed E-state index contributed by atoms with van der Waals surface area (Å²) in [6, 6.07) is 3.35. The van der Waals surface area contributed by atoms with Gasteiger partial charge in [0.25, 0.3) is 0 Å². The van der Waals surface area contributed by atoms with Crippen LogP contribution in [0.25, 0.3) is 0 Å². The summed E-state index contributed by atoms with van der Waals surface area (Å²) >= 11 is 0. The predicted molar refractivity (Wildman–Crippen MR) is 80.0 cm³/mol. The molecule has 1 heterocycles. The van der Waals surface area contributed by atoms with Gasteiger partial charge in [0.15, 0.2) is 0 Å². The van der Waals surface area contributed by atoms with E-state index in [4.69, 9.17) is 4.74 Å². The Kier molecular flexibility index (Phi) is 3.94. The minimum Gasteiger partial charge on any atom is -0.478 e. The van der Waals surface area contributed by atoms with E-state index >= 15 is 0 Å². The molecule has 0 bridgehead atoms. The van der Waals surface area contributed by atoms with Crippen molar-refractivity contribution in [3.8, 4) is 0 Å².